The van der Waals surface area contributed by atoms with E-state index in [1.54, 1.807) is 36.9 Å². The lowest BCUT2D eigenvalue weighted by molar-refractivity contribution is -0.129. The highest BCUT2D eigenvalue weighted by atomic mass is 16.5. The highest BCUT2D eigenvalue weighted by Gasteiger charge is 2.22. The number of hydrogen-bond donors (Lipinski definition) is 2. The predicted molar refractivity (Wildman–Crippen MR) is 96.1 cm³/mol. The lowest BCUT2D eigenvalue weighted by Gasteiger charge is -2.29. The molecule has 2 aromatic rings. The number of amides is 2. The van der Waals surface area contributed by atoms with Gasteiger partial charge in [0.05, 0.1) is 7.11 Å². The van der Waals surface area contributed by atoms with E-state index in [0.717, 1.165) is 23.3 Å². The summed E-state index contributed by atoms with van der Waals surface area (Å²) in [5.41, 5.74) is 5.65. The van der Waals surface area contributed by atoms with Gasteiger partial charge in [0.1, 0.15) is 5.75 Å². The van der Waals surface area contributed by atoms with Crippen molar-refractivity contribution >= 4 is 11.8 Å². The van der Waals surface area contributed by atoms with Crippen LogP contribution in [0.3, 0.4) is 0 Å². The van der Waals surface area contributed by atoms with Crippen molar-refractivity contribution in [1.82, 2.24) is 10.4 Å². The van der Waals surface area contributed by atoms with E-state index in [2.05, 4.69) is 6.07 Å². The van der Waals surface area contributed by atoms with Crippen LogP contribution in [0, 0.1) is 0 Å². The molecule has 0 atom stereocenters. The fourth-order valence-corrected chi connectivity index (χ4v) is 3.17. The first-order valence-corrected chi connectivity index (χ1v) is 8.57. The Bertz CT molecular complexity index is 802. The molecule has 2 N–H and O–H groups in total. The molecule has 136 valence electrons. The number of fused-ring (bicyclic) bond motifs is 1. The minimum absolute atomic E-state index is 0.00312. The molecule has 0 unspecified atom stereocenters. The summed E-state index contributed by atoms with van der Waals surface area (Å²) in [5.74, 6) is 0.324. The van der Waals surface area contributed by atoms with Crippen LogP contribution in [-0.4, -0.2) is 35.6 Å². The molecule has 2 amide bonds. The van der Waals surface area contributed by atoms with Gasteiger partial charge in [-0.25, -0.2) is 5.48 Å². The molecule has 0 saturated heterocycles. The average Bonchev–Trinajstić information content (AvgIpc) is 2.70. The highest BCUT2D eigenvalue weighted by molar-refractivity contribution is 5.94. The molecule has 0 aromatic heterocycles. The zero-order valence-corrected chi connectivity index (χ0v) is 14.7. The van der Waals surface area contributed by atoms with Crippen molar-refractivity contribution < 1.29 is 19.5 Å². The number of carbonyl (C=O) groups excluding carboxylic acids is 2. The molecule has 0 radical (unpaired) electrons. The summed E-state index contributed by atoms with van der Waals surface area (Å²) < 4.78 is 5.13. The van der Waals surface area contributed by atoms with Crippen molar-refractivity contribution in [2.75, 3.05) is 13.7 Å². The maximum atomic E-state index is 12.8. The number of nitrogens with one attached hydrogen (secondary N) is 1. The second kappa shape index (κ2) is 8.01. The smallest absolute Gasteiger partial charge is 0.254 e. The molecule has 0 saturated carbocycles. The zero-order valence-electron chi connectivity index (χ0n) is 14.7. The third-order valence-corrected chi connectivity index (χ3v) is 4.67. The number of nitrogens with zero attached hydrogens (tertiary/aromatic N) is 1. The summed E-state index contributed by atoms with van der Waals surface area (Å²) in [6, 6.07) is 13.3. The van der Waals surface area contributed by atoms with Gasteiger partial charge in [0.15, 0.2) is 0 Å². The Labute approximate surface area is 152 Å². The van der Waals surface area contributed by atoms with Gasteiger partial charge in [-0.2, -0.15) is 0 Å². The number of ether oxygens (including phenoxy) is 1. The molecule has 1 aliphatic heterocycles. The molecule has 6 heteroatoms. The molecule has 26 heavy (non-hydrogen) atoms. The van der Waals surface area contributed by atoms with Crippen LogP contribution in [-0.2, 0) is 24.2 Å². The van der Waals surface area contributed by atoms with Gasteiger partial charge in [-0.3, -0.25) is 14.8 Å². The van der Waals surface area contributed by atoms with Gasteiger partial charge >= 0.3 is 0 Å². The molecule has 3 rings (SSSR count). The van der Waals surface area contributed by atoms with Crippen molar-refractivity contribution in [3.8, 4) is 5.75 Å². The van der Waals surface area contributed by atoms with Crippen molar-refractivity contribution in [3.05, 3.63) is 64.7 Å². The van der Waals surface area contributed by atoms with E-state index in [0.29, 0.717) is 25.1 Å². The summed E-state index contributed by atoms with van der Waals surface area (Å²) in [5, 5.41) is 8.59. The summed E-state index contributed by atoms with van der Waals surface area (Å²) in [6.45, 7) is 1.24. The first kappa shape index (κ1) is 17.9. The number of carbonyl (C=O) groups is 2. The fraction of sp³-hybridized carbons (Fsp3) is 0.300. The fourth-order valence-electron chi connectivity index (χ4n) is 3.17. The van der Waals surface area contributed by atoms with Gasteiger partial charge in [-0.1, -0.05) is 18.2 Å². The molecular weight excluding hydrogens is 332 g/mol. The molecule has 0 fully saturated rings. The van der Waals surface area contributed by atoms with Crippen LogP contribution in [0.4, 0.5) is 0 Å². The van der Waals surface area contributed by atoms with Gasteiger partial charge in [0.2, 0.25) is 5.91 Å². The van der Waals surface area contributed by atoms with Crippen molar-refractivity contribution in [2.24, 2.45) is 0 Å². The predicted octanol–water partition coefficient (Wildman–Crippen LogP) is 2.33. The van der Waals surface area contributed by atoms with Gasteiger partial charge in [0.25, 0.3) is 5.91 Å². The van der Waals surface area contributed by atoms with E-state index in [9.17, 15) is 9.59 Å². The van der Waals surface area contributed by atoms with Gasteiger partial charge in [0, 0.05) is 25.1 Å². The number of aryl methyl sites for hydroxylation is 1. The Morgan fingerprint density at radius 3 is 2.62 bits per heavy atom. The summed E-state index contributed by atoms with van der Waals surface area (Å²) in [4.78, 5) is 25.8. The van der Waals surface area contributed by atoms with E-state index >= 15 is 0 Å². The van der Waals surface area contributed by atoms with E-state index in [4.69, 9.17) is 9.94 Å². The van der Waals surface area contributed by atoms with Crippen LogP contribution in [0.25, 0.3) is 0 Å². The maximum absolute atomic E-state index is 12.8. The Morgan fingerprint density at radius 1 is 1.15 bits per heavy atom. The Kier molecular flexibility index (Phi) is 5.53. The number of hydroxylamine groups is 1. The number of hydrogen-bond acceptors (Lipinski definition) is 4. The average molecular weight is 354 g/mol. The zero-order chi connectivity index (χ0) is 18.5. The van der Waals surface area contributed by atoms with E-state index in [-0.39, 0.29) is 12.3 Å². The van der Waals surface area contributed by atoms with Crippen molar-refractivity contribution in [2.45, 2.75) is 25.8 Å². The second-order valence-corrected chi connectivity index (χ2v) is 6.34. The summed E-state index contributed by atoms with van der Waals surface area (Å²) >= 11 is 0. The first-order chi connectivity index (χ1) is 12.6. The van der Waals surface area contributed by atoms with E-state index in [1.165, 1.54) is 5.56 Å². The molecule has 1 heterocycles. The molecule has 0 aliphatic carbocycles. The Hall–Kier alpha value is -2.86. The molecule has 1 aliphatic rings. The van der Waals surface area contributed by atoms with Gasteiger partial charge < -0.3 is 9.64 Å². The molecule has 6 nitrogen and oxygen atoms in total. The summed E-state index contributed by atoms with van der Waals surface area (Å²) in [7, 11) is 1.60. The van der Waals surface area contributed by atoms with Crippen molar-refractivity contribution in [1.29, 1.82) is 0 Å². The van der Waals surface area contributed by atoms with E-state index in [1.807, 2.05) is 17.0 Å². The lowest BCUT2D eigenvalue weighted by atomic mass is 9.95. The topological polar surface area (TPSA) is 78.9 Å². The largest absolute Gasteiger partial charge is 0.497 e. The Morgan fingerprint density at radius 2 is 1.92 bits per heavy atom. The lowest BCUT2D eigenvalue weighted by Crippen LogP contribution is -2.36. The third kappa shape index (κ3) is 4.03. The highest BCUT2D eigenvalue weighted by Crippen LogP contribution is 2.23. The third-order valence-electron chi connectivity index (χ3n) is 4.67. The maximum Gasteiger partial charge on any atom is 0.254 e. The number of methoxy groups -OCH3 is 1. The molecule has 2 aromatic carbocycles. The molecule has 0 bridgehead atoms. The minimum Gasteiger partial charge on any atom is -0.497 e. The van der Waals surface area contributed by atoms with Gasteiger partial charge in [-0.05, 0) is 53.8 Å². The first-order valence-electron chi connectivity index (χ1n) is 8.57. The standard InChI is InChI=1S/C20H22N2O4/c1-26-18-7-5-16(6-8-18)20(24)22-11-10-15-4-2-14(12-17(15)13-22)3-9-19(23)21-25/h2,4-8,12,25H,3,9-11,13H2,1H3,(H,21,23). The molecular formula is C20H22N2O4. The normalized spacial score (nSPS) is 13.1. The second-order valence-electron chi connectivity index (χ2n) is 6.34. The monoisotopic (exact) mass is 354 g/mol. The Balaban J connectivity index is 1.70. The van der Waals surface area contributed by atoms with Crippen LogP contribution < -0.4 is 10.2 Å². The van der Waals surface area contributed by atoms with Crippen LogP contribution in [0.5, 0.6) is 5.75 Å². The quantitative estimate of drug-likeness (QED) is 0.638. The molecule has 0 spiro atoms. The summed E-state index contributed by atoms with van der Waals surface area (Å²) in [6.07, 6.45) is 1.59. The number of benzene rings is 2. The van der Waals surface area contributed by atoms with Crippen LogP contribution in [0.15, 0.2) is 42.5 Å². The van der Waals surface area contributed by atoms with Gasteiger partial charge in [-0.15, -0.1) is 0 Å². The van der Waals surface area contributed by atoms with E-state index < -0.39 is 5.91 Å². The van der Waals surface area contributed by atoms with Crippen LogP contribution in [0.2, 0.25) is 0 Å². The number of rotatable bonds is 5. The van der Waals surface area contributed by atoms with Crippen LogP contribution in [0.1, 0.15) is 33.5 Å². The van der Waals surface area contributed by atoms with Crippen LogP contribution >= 0.6 is 0 Å². The minimum atomic E-state index is -0.404. The van der Waals surface area contributed by atoms with Crippen molar-refractivity contribution in [3.63, 3.8) is 0 Å². The SMILES string of the molecule is COc1ccc(C(=O)N2CCc3ccc(CCC(=O)NO)cc3C2)cc1.